The van der Waals surface area contributed by atoms with Crippen LogP contribution in [0.5, 0.6) is 0 Å². The molecule has 4 heteroatoms. The molecule has 0 saturated carbocycles. The molecule has 0 fully saturated rings. The number of rotatable bonds is 1. The van der Waals surface area contributed by atoms with Gasteiger partial charge in [-0.05, 0) is 23.6 Å². The first kappa shape index (κ1) is 11.9. The van der Waals surface area contributed by atoms with Crippen LogP contribution in [0.4, 0.5) is 0 Å². The van der Waals surface area contributed by atoms with Crippen molar-refractivity contribution in [3.63, 3.8) is 0 Å². The van der Waals surface area contributed by atoms with Gasteiger partial charge in [-0.2, -0.15) is 10.5 Å². The van der Waals surface area contributed by atoms with Gasteiger partial charge >= 0.3 is 0 Å². The smallest absolute Gasteiger partial charge is 0.210 e. The van der Waals surface area contributed by atoms with Crippen LogP contribution in [-0.4, -0.2) is 0 Å². The van der Waals surface area contributed by atoms with Gasteiger partial charge < -0.3 is 4.42 Å². The Morgan fingerprint density at radius 3 is 2.39 bits per heavy atom. The van der Waals surface area contributed by atoms with E-state index in [1.165, 1.54) is 0 Å². The molecular formula is C14H10N2O2. The van der Waals surface area contributed by atoms with Crippen molar-refractivity contribution in [2.24, 2.45) is 0 Å². The third-order valence-corrected chi connectivity index (χ3v) is 2.80. The maximum absolute atomic E-state index is 12.0. The SMILES string of the molecule is CC(C)c1cc(C#N)c2occ(C#N)c(=O)c2c1. The van der Waals surface area contributed by atoms with E-state index in [1.54, 1.807) is 18.2 Å². The first-order valence-corrected chi connectivity index (χ1v) is 5.48. The van der Waals surface area contributed by atoms with Gasteiger partial charge in [0.05, 0.1) is 10.9 Å². The molecule has 1 aromatic heterocycles. The van der Waals surface area contributed by atoms with Crippen molar-refractivity contribution in [2.45, 2.75) is 19.8 Å². The zero-order valence-electron chi connectivity index (χ0n) is 10.0. The highest BCUT2D eigenvalue weighted by Crippen LogP contribution is 2.23. The van der Waals surface area contributed by atoms with E-state index < -0.39 is 5.43 Å². The molecule has 0 bridgehead atoms. The van der Waals surface area contributed by atoms with Gasteiger partial charge in [0.1, 0.15) is 24.0 Å². The fraction of sp³-hybridized carbons (Fsp3) is 0.214. The van der Waals surface area contributed by atoms with E-state index in [4.69, 9.17) is 14.9 Å². The Balaban J connectivity index is 2.96. The summed E-state index contributed by atoms with van der Waals surface area (Å²) in [6.45, 7) is 3.94. The molecular weight excluding hydrogens is 228 g/mol. The largest absolute Gasteiger partial charge is 0.461 e. The van der Waals surface area contributed by atoms with Gasteiger partial charge in [-0.1, -0.05) is 13.8 Å². The van der Waals surface area contributed by atoms with Crippen molar-refractivity contribution >= 4 is 11.0 Å². The van der Waals surface area contributed by atoms with Gasteiger partial charge in [-0.25, -0.2) is 0 Å². The lowest BCUT2D eigenvalue weighted by Crippen LogP contribution is -2.07. The van der Waals surface area contributed by atoms with Crippen LogP contribution in [-0.2, 0) is 0 Å². The molecule has 0 N–H and O–H groups in total. The van der Waals surface area contributed by atoms with Crippen molar-refractivity contribution in [2.75, 3.05) is 0 Å². The molecule has 0 aliphatic carbocycles. The van der Waals surface area contributed by atoms with Crippen LogP contribution in [0.2, 0.25) is 0 Å². The van der Waals surface area contributed by atoms with E-state index in [0.29, 0.717) is 5.56 Å². The predicted octanol–water partition coefficient (Wildman–Crippen LogP) is 2.66. The molecule has 2 aromatic rings. The summed E-state index contributed by atoms with van der Waals surface area (Å²) in [7, 11) is 0. The number of fused-ring (bicyclic) bond motifs is 1. The maximum atomic E-state index is 12.0. The van der Waals surface area contributed by atoms with E-state index >= 15 is 0 Å². The lowest BCUT2D eigenvalue weighted by Gasteiger charge is -2.07. The van der Waals surface area contributed by atoms with Crippen LogP contribution in [0.1, 0.15) is 36.5 Å². The maximum Gasteiger partial charge on any atom is 0.210 e. The minimum absolute atomic E-state index is 0.0488. The second-order valence-corrected chi connectivity index (χ2v) is 4.30. The van der Waals surface area contributed by atoms with Crippen LogP contribution in [0.3, 0.4) is 0 Å². The summed E-state index contributed by atoms with van der Waals surface area (Å²) in [5, 5.41) is 18.2. The number of nitriles is 2. The highest BCUT2D eigenvalue weighted by atomic mass is 16.3. The van der Waals surface area contributed by atoms with Crippen molar-refractivity contribution in [3.8, 4) is 12.1 Å². The topological polar surface area (TPSA) is 77.8 Å². The Morgan fingerprint density at radius 2 is 1.83 bits per heavy atom. The van der Waals surface area contributed by atoms with Crippen molar-refractivity contribution in [3.05, 3.63) is 45.3 Å². The second kappa shape index (κ2) is 4.35. The Labute approximate surface area is 104 Å². The third kappa shape index (κ3) is 1.74. The van der Waals surface area contributed by atoms with E-state index in [0.717, 1.165) is 11.8 Å². The zero-order chi connectivity index (χ0) is 13.3. The summed E-state index contributed by atoms with van der Waals surface area (Å²) < 4.78 is 5.23. The van der Waals surface area contributed by atoms with Crippen molar-refractivity contribution in [1.82, 2.24) is 0 Å². The molecule has 0 aliphatic rings. The van der Waals surface area contributed by atoms with E-state index in [9.17, 15) is 4.79 Å². The minimum Gasteiger partial charge on any atom is -0.461 e. The number of hydrogen-bond acceptors (Lipinski definition) is 4. The van der Waals surface area contributed by atoms with E-state index in [-0.39, 0.29) is 22.5 Å². The van der Waals surface area contributed by atoms with Crippen LogP contribution < -0.4 is 5.43 Å². The summed E-state index contributed by atoms with van der Waals surface area (Å²) in [6.07, 6.45) is 1.10. The first-order chi connectivity index (χ1) is 8.58. The highest BCUT2D eigenvalue weighted by Gasteiger charge is 2.13. The standard InChI is InChI=1S/C14H10N2O2/c1-8(2)9-3-10(5-15)14-12(4-9)13(17)11(6-16)7-18-14/h3-4,7-8H,1-2H3. The fourth-order valence-electron chi connectivity index (χ4n) is 1.76. The molecule has 1 heterocycles. The van der Waals surface area contributed by atoms with Crippen LogP contribution in [0.15, 0.2) is 27.6 Å². The van der Waals surface area contributed by atoms with Crippen molar-refractivity contribution in [1.29, 1.82) is 10.5 Å². The number of benzene rings is 1. The van der Waals surface area contributed by atoms with Gasteiger partial charge in [0, 0.05) is 0 Å². The number of hydrogen-bond donors (Lipinski definition) is 0. The third-order valence-electron chi connectivity index (χ3n) is 2.80. The van der Waals surface area contributed by atoms with Crippen LogP contribution in [0, 0.1) is 22.7 Å². The fourth-order valence-corrected chi connectivity index (χ4v) is 1.76. The summed E-state index contributed by atoms with van der Waals surface area (Å²) in [5.74, 6) is 0.187. The van der Waals surface area contributed by atoms with Gasteiger partial charge in [-0.15, -0.1) is 0 Å². The molecule has 0 atom stereocenters. The Kier molecular flexibility index (Phi) is 2.87. The molecule has 0 radical (unpaired) electrons. The molecule has 0 aliphatic heterocycles. The lowest BCUT2D eigenvalue weighted by molar-refractivity contribution is 0.599. The van der Waals surface area contributed by atoms with E-state index in [2.05, 4.69) is 0 Å². The van der Waals surface area contributed by atoms with Crippen LogP contribution in [0.25, 0.3) is 11.0 Å². The van der Waals surface area contributed by atoms with Crippen LogP contribution >= 0.6 is 0 Å². The molecule has 0 unspecified atom stereocenters. The van der Waals surface area contributed by atoms with Gasteiger partial charge in [-0.3, -0.25) is 4.79 Å². The molecule has 2 rings (SSSR count). The Bertz CT molecular complexity index is 758. The monoisotopic (exact) mass is 238 g/mol. The Hall–Kier alpha value is -2.59. The average molecular weight is 238 g/mol. The summed E-state index contributed by atoms with van der Waals surface area (Å²) in [6, 6.07) is 7.20. The molecule has 88 valence electrons. The quantitative estimate of drug-likeness (QED) is 0.765. The Morgan fingerprint density at radius 1 is 1.17 bits per heavy atom. The van der Waals surface area contributed by atoms with Crippen molar-refractivity contribution < 1.29 is 4.42 Å². The molecule has 4 nitrogen and oxygen atoms in total. The first-order valence-electron chi connectivity index (χ1n) is 5.48. The van der Waals surface area contributed by atoms with Gasteiger partial charge in [0.25, 0.3) is 0 Å². The van der Waals surface area contributed by atoms with Gasteiger partial charge in [0.15, 0.2) is 5.58 Å². The second-order valence-electron chi connectivity index (χ2n) is 4.30. The minimum atomic E-state index is -0.391. The summed E-state index contributed by atoms with van der Waals surface area (Å²) in [4.78, 5) is 12.0. The molecule has 1 aromatic carbocycles. The molecule has 0 spiro atoms. The lowest BCUT2D eigenvalue weighted by atomic mass is 9.98. The number of nitrogens with zero attached hydrogens (tertiary/aromatic N) is 2. The highest BCUT2D eigenvalue weighted by molar-refractivity contribution is 5.83. The summed E-state index contributed by atoms with van der Waals surface area (Å²) in [5.41, 5.74) is 0.996. The average Bonchev–Trinajstić information content (AvgIpc) is 2.38. The zero-order valence-corrected chi connectivity index (χ0v) is 10.0. The summed E-state index contributed by atoms with van der Waals surface area (Å²) >= 11 is 0. The molecule has 18 heavy (non-hydrogen) atoms. The molecule has 0 saturated heterocycles. The predicted molar refractivity (Wildman–Crippen MR) is 66.0 cm³/mol. The van der Waals surface area contributed by atoms with Gasteiger partial charge in [0.2, 0.25) is 5.43 Å². The normalized spacial score (nSPS) is 10.3. The van der Waals surface area contributed by atoms with E-state index in [1.807, 2.05) is 19.9 Å². The molecule has 0 amide bonds.